The van der Waals surface area contributed by atoms with Crippen LogP contribution in [0.15, 0.2) is 6.07 Å². The fraction of sp³-hybridized carbons (Fsp3) is 0.522. The first kappa shape index (κ1) is 20.9. The number of carbonyl (C=O) groups excluding carboxylic acids is 1. The molecule has 2 N–H and O–H groups in total. The Morgan fingerprint density at radius 1 is 1.17 bits per heavy atom. The zero-order valence-corrected chi connectivity index (χ0v) is 19.3. The Bertz CT molecular complexity index is 1130. The highest BCUT2D eigenvalue weighted by Gasteiger charge is 2.32. The summed E-state index contributed by atoms with van der Waals surface area (Å²) in [5, 5.41) is 15.7. The van der Waals surface area contributed by atoms with Gasteiger partial charge in [-0.15, -0.1) is 10.2 Å². The Labute approximate surface area is 182 Å². The first-order chi connectivity index (χ1) is 14.2. The van der Waals surface area contributed by atoms with Gasteiger partial charge in [0.05, 0.1) is 5.69 Å². The lowest BCUT2D eigenvalue weighted by molar-refractivity contribution is -0.122. The van der Waals surface area contributed by atoms with Crippen molar-refractivity contribution in [3.8, 4) is 11.4 Å². The summed E-state index contributed by atoms with van der Waals surface area (Å²) in [6, 6.07) is 2.10. The van der Waals surface area contributed by atoms with Crippen LogP contribution in [0.3, 0.4) is 0 Å². The van der Waals surface area contributed by atoms with E-state index >= 15 is 0 Å². The summed E-state index contributed by atoms with van der Waals surface area (Å²) in [5.74, 6) is 1.89. The average Bonchev–Trinajstić information content (AvgIpc) is 3.21. The molecular weight excluding hydrogens is 398 g/mol. The van der Waals surface area contributed by atoms with Crippen molar-refractivity contribution in [1.29, 1.82) is 0 Å². The molecule has 0 bridgehead atoms. The molecule has 0 saturated heterocycles. The zero-order valence-electron chi connectivity index (χ0n) is 18.6. The van der Waals surface area contributed by atoms with Gasteiger partial charge >= 0.3 is 0 Å². The molecule has 3 atom stereocenters. The summed E-state index contributed by atoms with van der Waals surface area (Å²) in [6.07, 6.45) is 3.27. The number of nitrogens with zero attached hydrogens (tertiary/aromatic N) is 3. The Kier molecular flexibility index (Phi) is 5.39. The SMILES string of the molecule is Cc1cc(C)c(-c2nnc3c(Cl)c(C)[nH]n23)c(C)c1NC(=O)C1CC(C)CC[C@H]1C. The number of anilines is 1. The van der Waals surface area contributed by atoms with Gasteiger partial charge in [0.15, 0.2) is 11.5 Å². The van der Waals surface area contributed by atoms with Gasteiger partial charge in [-0.3, -0.25) is 9.89 Å². The summed E-state index contributed by atoms with van der Waals surface area (Å²) >= 11 is 6.35. The van der Waals surface area contributed by atoms with E-state index in [0.717, 1.165) is 46.5 Å². The molecule has 1 fully saturated rings. The Morgan fingerprint density at radius 3 is 2.63 bits per heavy atom. The van der Waals surface area contributed by atoms with Gasteiger partial charge in [0.1, 0.15) is 5.02 Å². The number of carbonyl (C=O) groups is 1. The van der Waals surface area contributed by atoms with Crippen molar-refractivity contribution in [3.05, 3.63) is 33.5 Å². The van der Waals surface area contributed by atoms with Crippen LogP contribution in [-0.2, 0) is 4.79 Å². The van der Waals surface area contributed by atoms with Crippen LogP contribution < -0.4 is 5.32 Å². The average molecular weight is 428 g/mol. The van der Waals surface area contributed by atoms with Crippen molar-refractivity contribution < 1.29 is 4.79 Å². The van der Waals surface area contributed by atoms with Crippen LogP contribution >= 0.6 is 11.6 Å². The maximum atomic E-state index is 13.2. The van der Waals surface area contributed by atoms with E-state index in [1.807, 2.05) is 25.3 Å². The minimum absolute atomic E-state index is 0.0574. The molecule has 4 rings (SSSR count). The van der Waals surface area contributed by atoms with Crippen molar-refractivity contribution in [1.82, 2.24) is 19.8 Å². The number of H-pyrrole nitrogens is 1. The number of halogens is 1. The van der Waals surface area contributed by atoms with E-state index in [4.69, 9.17) is 11.6 Å². The molecule has 1 aromatic carbocycles. The fourth-order valence-electron chi connectivity index (χ4n) is 4.91. The van der Waals surface area contributed by atoms with Gasteiger partial charge in [-0.25, -0.2) is 4.52 Å². The topological polar surface area (TPSA) is 75.1 Å². The quantitative estimate of drug-likeness (QED) is 0.569. The van der Waals surface area contributed by atoms with E-state index in [0.29, 0.717) is 28.3 Å². The number of hydrogen-bond donors (Lipinski definition) is 2. The van der Waals surface area contributed by atoms with E-state index < -0.39 is 0 Å². The van der Waals surface area contributed by atoms with Gasteiger partial charge in [0, 0.05) is 17.2 Å². The van der Waals surface area contributed by atoms with E-state index in [1.165, 1.54) is 6.42 Å². The summed E-state index contributed by atoms with van der Waals surface area (Å²) in [4.78, 5) is 13.2. The van der Waals surface area contributed by atoms with Crippen LogP contribution in [0.5, 0.6) is 0 Å². The molecule has 6 nitrogen and oxygen atoms in total. The van der Waals surface area contributed by atoms with Gasteiger partial charge in [-0.1, -0.05) is 37.9 Å². The molecule has 3 aromatic rings. The van der Waals surface area contributed by atoms with Crippen molar-refractivity contribution in [2.75, 3.05) is 5.32 Å². The first-order valence-corrected chi connectivity index (χ1v) is 11.1. The zero-order chi connectivity index (χ0) is 21.7. The molecule has 2 aromatic heterocycles. The van der Waals surface area contributed by atoms with Crippen molar-refractivity contribution in [2.24, 2.45) is 17.8 Å². The number of fused-ring (bicyclic) bond motifs is 1. The maximum Gasteiger partial charge on any atom is 0.227 e. The number of aromatic amines is 1. The van der Waals surface area contributed by atoms with Crippen LogP contribution in [0.1, 0.15) is 55.5 Å². The number of hydrogen-bond acceptors (Lipinski definition) is 3. The van der Waals surface area contributed by atoms with Gasteiger partial charge in [-0.2, -0.15) is 0 Å². The summed E-state index contributed by atoms with van der Waals surface area (Å²) in [5.41, 5.74) is 6.43. The Morgan fingerprint density at radius 2 is 1.90 bits per heavy atom. The molecule has 160 valence electrons. The monoisotopic (exact) mass is 427 g/mol. The molecule has 7 heteroatoms. The van der Waals surface area contributed by atoms with Crippen LogP contribution in [0.2, 0.25) is 5.02 Å². The number of rotatable bonds is 3. The molecule has 0 radical (unpaired) electrons. The highest BCUT2D eigenvalue weighted by Crippen LogP contribution is 2.37. The van der Waals surface area contributed by atoms with Gasteiger partial charge in [0.2, 0.25) is 5.91 Å². The summed E-state index contributed by atoms with van der Waals surface area (Å²) in [7, 11) is 0. The minimum Gasteiger partial charge on any atom is -0.325 e. The molecule has 0 aliphatic heterocycles. The van der Waals surface area contributed by atoms with Crippen LogP contribution in [0, 0.1) is 45.4 Å². The highest BCUT2D eigenvalue weighted by atomic mass is 35.5. The summed E-state index contributed by atoms with van der Waals surface area (Å²) in [6.45, 7) is 12.5. The second kappa shape index (κ2) is 7.73. The molecule has 2 heterocycles. The van der Waals surface area contributed by atoms with Gasteiger partial charge in [0.25, 0.3) is 0 Å². The lowest BCUT2D eigenvalue weighted by Crippen LogP contribution is -2.33. The van der Waals surface area contributed by atoms with E-state index in [9.17, 15) is 4.79 Å². The third kappa shape index (κ3) is 3.41. The van der Waals surface area contributed by atoms with Gasteiger partial charge < -0.3 is 5.32 Å². The third-order valence-corrected chi connectivity index (χ3v) is 7.16. The Balaban J connectivity index is 1.75. The fourth-order valence-corrected chi connectivity index (χ4v) is 5.08. The number of nitrogens with one attached hydrogen (secondary N) is 2. The number of benzene rings is 1. The lowest BCUT2D eigenvalue weighted by Gasteiger charge is -2.32. The highest BCUT2D eigenvalue weighted by molar-refractivity contribution is 6.34. The Hall–Kier alpha value is -2.34. The normalized spacial score (nSPS) is 21.9. The van der Waals surface area contributed by atoms with Crippen molar-refractivity contribution in [3.63, 3.8) is 0 Å². The molecule has 1 aliphatic carbocycles. The summed E-state index contributed by atoms with van der Waals surface area (Å²) < 4.78 is 1.82. The number of amides is 1. The predicted octanol–water partition coefficient (Wildman–Crippen LogP) is 5.62. The van der Waals surface area contributed by atoms with Crippen LogP contribution in [0.4, 0.5) is 5.69 Å². The molecular formula is C23H30ClN5O. The second-order valence-corrected chi connectivity index (χ2v) is 9.49. The standard InChI is InChI=1S/C23H30ClN5O/c1-11-7-8-12(2)17(9-11)23(30)25-20-14(4)10-13(3)18(15(20)5)21-26-27-22-19(24)16(6)28-29(21)22/h10-12,17,28H,7-9H2,1-6H3,(H,25,30)/t11?,12-,17?/m1/s1. The molecule has 30 heavy (non-hydrogen) atoms. The van der Waals surface area contributed by atoms with E-state index in [2.05, 4.69) is 47.5 Å². The van der Waals surface area contributed by atoms with Crippen LogP contribution in [0.25, 0.3) is 17.0 Å². The lowest BCUT2D eigenvalue weighted by atomic mass is 9.75. The van der Waals surface area contributed by atoms with Crippen molar-refractivity contribution >= 4 is 28.8 Å². The number of aromatic nitrogens is 4. The molecule has 1 amide bonds. The largest absolute Gasteiger partial charge is 0.325 e. The number of aryl methyl sites for hydroxylation is 3. The predicted molar refractivity (Wildman–Crippen MR) is 121 cm³/mol. The van der Waals surface area contributed by atoms with E-state index in [1.54, 1.807) is 0 Å². The minimum atomic E-state index is 0.0574. The molecule has 0 spiro atoms. The molecule has 1 saturated carbocycles. The van der Waals surface area contributed by atoms with Crippen molar-refractivity contribution in [2.45, 2.75) is 60.8 Å². The third-order valence-electron chi connectivity index (χ3n) is 6.71. The smallest absolute Gasteiger partial charge is 0.227 e. The van der Waals surface area contributed by atoms with E-state index in [-0.39, 0.29) is 11.8 Å². The van der Waals surface area contributed by atoms with Gasteiger partial charge in [-0.05, 0) is 69.1 Å². The maximum absolute atomic E-state index is 13.2. The van der Waals surface area contributed by atoms with Crippen LogP contribution in [-0.4, -0.2) is 25.7 Å². The second-order valence-electron chi connectivity index (χ2n) is 9.11. The molecule has 2 unspecified atom stereocenters. The first-order valence-electron chi connectivity index (χ1n) is 10.7. The molecule has 1 aliphatic rings.